The van der Waals surface area contributed by atoms with Crippen LogP contribution in [0, 0.1) is 0 Å². The van der Waals surface area contributed by atoms with Crippen molar-refractivity contribution in [2.24, 2.45) is 0 Å². The summed E-state index contributed by atoms with van der Waals surface area (Å²) in [6.07, 6.45) is 2.20. The van der Waals surface area contributed by atoms with Gasteiger partial charge in [-0.05, 0) is 44.1 Å². The van der Waals surface area contributed by atoms with Gasteiger partial charge in [-0.2, -0.15) is 0 Å². The molecule has 0 atom stereocenters. The van der Waals surface area contributed by atoms with Crippen LogP contribution >= 0.6 is 15.9 Å². The van der Waals surface area contributed by atoms with E-state index in [4.69, 9.17) is 4.74 Å². The SMILES string of the molecule is Oc1ccc(Br)cc1OC1CCNCC1. The maximum absolute atomic E-state index is 9.60. The van der Waals surface area contributed by atoms with Crippen LogP contribution in [-0.4, -0.2) is 24.3 Å². The number of hydrogen-bond acceptors (Lipinski definition) is 3. The molecule has 1 aromatic rings. The van der Waals surface area contributed by atoms with Crippen molar-refractivity contribution in [1.29, 1.82) is 0 Å². The molecule has 0 radical (unpaired) electrons. The predicted molar refractivity (Wildman–Crippen MR) is 62.3 cm³/mol. The minimum Gasteiger partial charge on any atom is -0.504 e. The fourth-order valence-electron chi connectivity index (χ4n) is 1.68. The number of rotatable bonds is 2. The largest absolute Gasteiger partial charge is 0.504 e. The summed E-state index contributed by atoms with van der Waals surface area (Å²) >= 11 is 3.36. The van der Waals surface area contributed by atoms with E-state index in [0.717, 1.165) is 30.4 Å². The zero-order chi connectivity index (χ0) is 10.7. The van der Waals surface area contributed by atoms with Gasteiger partial charge in [-0.3, -0.25) is 0 Å². The van der Waals surface area contributed by atoms with Crippen molar-refractivity contribution < 1.29 is 9.84 Å². The van der Waals surface area contributed by atoms with E-state index in [1.54, 1.807) is 18.2 Å². The van der Waals surface area contributed by atoms with E-state index in [9.17, 15) is 5.11 Å². The van der Waals surface area contributed by atoms with Gasteiger partial charge in [0.2, 0.25) is 0 Å². The van der Waals surface area contributed by atoms with Crippen LogP contribution < -0.4 is 10.1 Å². The van der Waals surface area contributed by atoms with Crippen molar-refractivity contribution >= 4 is 15.9 Å². The van der Waals surface area contributed by atoms with Gasteiger partial charge in [0.05, 0.1) is 0 Å². The van der Waals surface area contributed by atoms with E-state index >= 15 is 0 Å². The first kappa shape index (κ1) is 10.8. The summed E-state index contributed by atoms with van der Waals surface area (Å²) in [5.41, 5.74) is 0. The molecule has 1 aliphatic heterocycles. The van der Waals surface area contributed by atoms with Crippen molar-refractivity contribution in [2.45, 2.75) is 18.9 Å². The first-order valence-electron chi connectivity index (χ1n) is 5.11. The standard InChI is InChI=1S/C11H14BrNO2/c12-8-1-2-10(14)11(7-8)15-9-3-5-13-6-4-9/h1-2,7,9,13-14H,3-6H2. The van der Waals surface area contributed by atoms with Crippen LogP contribution in [-0.2, 0) is 0 Å². The van der Waals surface area contributed by atoms with Crippen molar-refractivity contribution in [1.82, 2.24) is 5.32 Å². The first-order valence-corrected chi connectivity index (χ1v) is 5.91. The van der Waals surface area contributed by atoms with E-state index in [1.807, 2.05) is 0 Å². The maximum Gasteiger partial charge on any atom is 0.162 e. The molecule has 82 valence electrons. The summed E-state index contributed by atoms with van der Waals surface area (Å²) in [4.78, 5) is 0. The second-order valence-electron chi connectivity index (χ2n) is 3.68. The van der Waals surface area contributed by atoms with Gasteiger partial charge in [0.15, 0.2) is 11.5 Å². The van der Waals surface area contributed by atoms with E-state index in [-0.39, 0.29) is 11.9 Å². The molecule has 1 saturated heterocycles. The summed E-state index contributed by atoms with van der Waals surface area (Å²) in [6, 6.07) is 5.24. The Hall–Kier alpha value is -0.740. The number of halogens is 1. The van der Waals surface area contributed by atoms with Crippen LogP contribution in [0.15, 0.2) is 22.7 Å². The summed E-state index contributed by atoms with van der Waals surface area (Å²) in [5.74, 6) is 0.771. The summed E-state index contributed by atoms with van der Waals surface area (Å²) in [6.45, 7) is 1.97. The van der Waals surface area contributed by atoms with E-state index < -0.39 is 0 Å². The average molecular weight is 272 g/mol. The Morgan fingerprint density at radius 1 is 1.33 bits per heavy atom. The third-order valence-electron chi connectivity index (χ3n) is 2.50. The Labute approximate surface area is 97.6 Å². The third-order valence-corrected chi connectivity index (χ3v) is 2.99. The number of ether oxygens (including phenoxy) is 1. The highest BCUT2D eigenvalue weighted by atomic mass is 79.9. The zero-order valence-corrected chi connectivity index (χ0v) is 9.96. The molecule has 1 aromatic carbocycles. The van der Waals surface area contributed by atoms with Crippen molar-refractivity contribution in [3.63, 3.8) is 0 Å². The molecule has 0 spiro atoms. The van der Waals surface area contributed by atoms with Crippen molar-refractivity contribution in [2.75, 3.05) is 13.1 Å². The van der Waals surface area contributed by atoms with Gasteiger partial charge in [-0.1, -0.05) is 15.9 Å². The van der Waals surface area contributed by atoms with Gasteiger partial charge in [0.25, 0.3) is 0 Å². The Morgan fingerprint density at radius 3 is 2.80 bits per heavy atom. The Bertz CT molecular complexity index is 337. The van der Waals surface area contributed by atoms with Crippen LogP contribution in [0.3, 0.4) is 0 Å². The fourth-order valence-corrected chi connectivity index (χ4v) is 2.02. The van der Waals surface area contributed by atoms with Crippen molar-refractivity contribution in [3.8, 4) is 11.5 Å². The van der Waals surface area contributed by atoms with Crippen molar-refractivity contribution in [3.05, 3.63) is 22.7 Å². The van der Waals surface area contributed by atoms with Crippen LogP contribution in [0.4, 0.5) is 0 Å². The van der Waals surface area contributed by atoms with Gasteiger partial charge >= 0.3 is 0 Å². The van der Waals surface area contributed by atoms with Crippen LogP contribution in [0.2, 0.25) is 0 Å². The lowest BCUT2D eigenvalue weighted by molar-refractivity contribution is 0.157. The molecule has 2 rings (SSSR count). The number of hydrogen-bond donors (Lipinski definition) is 2. The first-order chi connectivity index (χ1) is 7.25. The lowest BCUT2D eigenvalue weighted by Gasteiger charge is -2.24. The molecule has 0 amide bonds. The molecular formula is C11H14BrNO2. The highest BCUT2D eigenvalue weighted by molar-refractivity contribution is 9.10. The number of piperidine rings is 1. The Balaban J connectivity index is 2.05. The normalized spacial score (nSPS) is 17.7. The zero-order valence-electron chi connectivity index (χ0n) is 8.37. The van der Waals surface area contributed by atoms with Gasteiger partial charge in [-0.15, -0.1) is 0 Å². The van der Waals surface area contributed by atoms with E-state index in [2.05, 4.69) is 21.2 Å². The molecule has 4 heteroatoms. The molecule has 1 fully saturated rings. The summed E-state index contributed by atoms with van der Waals surface area (Å²) < 4.78 is 6.67. The quantitative estimate of drug-likeness (QED) is 0.867. The van der Waals surface area contributed by atoms with Gasteiger partial charge in [0.1, 0.15) is 6.10 Å². The number of nitrogens with one attached hydrogen (secondary N) is 1. The second kappa shape index (κ2) is 4.86. The molecule has 1 heterocycles. The fraction of sp³-hybridized carbons (Fsp3) is 0.455. The van der Waals surface area contributed by atoms with E-state index in [1.165, 1.54) is 0 Å². The molecule has 2 N–H and O–H groups in total. The lowest BCUT2D eigenvalue weighted by Crippen LogP contribution is -2.34. The molecule has 0 bridgehead atoms. The lowest BCUT2D eigenvalue weighted by atomic mass is 10.1. The number of phenolic OH excluding ortho intramolecular Hbond substituents is 1. The molecule has 0 saturated carbocycles. The highest BCUT2D eigenvalue weighted by Crippen LogP contribution is 2.30. The minimum absolute atomic E-state index is 0.205. The van der Waals surface area contributed by atoms with Gasteiger partial charge < -0.3 is 15.2 Å². The van der Waals surface area contributed by atoms with E-state index in [0.29, 0.717) is 5.75 Å². The average Bonchev–Trinajstić information content (AvgIpc) is 2.25. The van der Waals surface area contributed by atoms with Crippen LogP contribution in [0.1, 0.15) is 12.8 Å². The van der Waals surface area contributed by atoms with Gasteiger partial charge in [-0.25, -0.2) is 0 Å². The maximum atomic E-state index is 9.60. The number of phenols is 1. The minimum atomic E-state index is 0.205. The van der Waals surface area contributed by atoms with Crippen LogP contribution in [0.5, 0.6) is 11.5 Å². The molecule has 1 aliphatic rings. The monoisotopic (exact) mass is 271 g/mol. The number of benzene rings is 1. The topological polar surface area (TPSA) is 41.5 Å². The molecule has 0 aliphatic carbocycles. The molecule has 3 nitrogen and oxygen atoms in total. The predicted octanol–water partition coefficient (Wildman–Crippen LogP) is 2.29. The number of aromatic hydroxyl groups is 1. The molecule has 15 heavy (non-hydrogen) atoms. The Morgan fingerprint density at radius 2 is 2.07 bits per heavy atom. The summed E-state index contributed by atoms with van der Waals surface area (Å²) in [5, 5.41) is 12.9. The van der Waals surface area contributed by atoms with Crippen LogP contribution in [0.25, 0.3) is 0 Å². The molecule has 0 unspecified atom stereocenters. The molecular weight excluding hydrogens is 258 g/mol. The second-order valence-corrected chi connectivity index (χ2v) is 4.59. The van der Waals surface area contributed by atoms with Gasteiger partial charge in [0, 0.05) is 4.47 Å². The summed E-state index contributed by atoms with van der Waals surface area (Å²) in [7, 11) is 0. The third kappa shape index (κ3) is 2.86. The Kier molecular flexibility index (Phi) is 3.49. The smallest absolute Gasteiger partial charge is 0.162 e. The molecule has 0 aromatic heterocycles. The highest BCUT2D eigenvalue weighted by Gasteiger charge is 2.16.